The third kappa shape index (κ3) is 4.08. The summed E-state index contributed by atoms with van der Waals surface area (Å²) in [7, 11) is -1.63. The zero-order chi connectivity index (χ0) is 15.5. The Morgan fingerprint density at radius 2 is 1.71 bits per heavy atom. The van der Waals surface area contributed by atoms with Crippen molar-refractivity contribution in [1.82, 2.24) is 0 Å². The zero-order valence-corrected chi connectivity index (χ0v) is 14.8. The molecule has 0 saturated heterocycles. The molecule has 0 radical (unpaired) electrons. The van der Waals surface area contributed by atoms with Gasteiger partial charge in [-0.05, 0) is 42.2 Å². The topological polar surface area (TPSA) is 22.4 Å². The van der Waals surface area contributed by atoms with Crippen molar-refractivity contribution in [2.24, 2.45) is 0 Å². The lowest BCUT2D eigenvalue weighted by Gasteiger charge is -2.36. The van der Waals surface area contributed by atoms with Crippen molar-refractivity contribution in [3.8, 4) is 11.3 Å². The lowest BCUT2D eigenvalue weighted by Crippen LogP contribution is -2.41. The Hall–Kier alpha value is -1.32. The van der Waals surface area contributed by atoms with Crippen LogP contribution in [0.15, 0.2) is 47.1 Å². The second-order valence-electron chi connectivity index (χ2n) is 7.03. The normalized spacial score (nSPS) is 12.6. The van der Waals surface area contributed by atoms with Gasteiger partial charge in [0, 0.05) is 12.2 Å². The average Bonchev–Trinajstić information content (AvgIpc) is 2.92. The molecule has 0 N–H and O–H groups in total. The molecule has 2 aromatic rings. The van der Waals surface area contributed by atoms with Gasteiger partial charge in [0.15, 0.2) is 8.32 Å². The van der Waals surface area contributed by atoms with Gasteiger partial charge in [0.05, 0.1) is 6.26 Å². The van der Waals surface area contributed by atoms with E-state index in [4.69, 9.17) is 8.84 Å². The van der Waals surface area contributed by atoms with Gasteiger partial charge in [-0.1, -0.05) is 45.0 Å². The summed E-state index contributed by atoms with van der Waals surface area (Å²) in [5.41, 5.74) is 2.43. The van der Waals surface area contributed by atoms with Crippen LogP contribution in [0, 0.1) is 0 Å². The van der Waals surface area contributed by atoms with Crippen molar-refractivity contribution in [3.63, 3.8) is 0 Å². The fourth-order valence-electron chi connectivity index (χ4n) is 1.92. The van der Waals surface area contributed by atoms with Crippen LogP contribution >= 0.6 is 0 Å². The van der Waals surface area contributed by atoms with Crippen LogP contribution in [0.1, 0.15) is 26.3 Å². The van der Waals surface area contributed by atoms with Crippen molar-refractivity contribution in [2.75, 3.05) is 6.61 Å². The molecule has 1 heterocycles. The van der Waals surface area contributed by atoms with E-state index in [1.807, 2.05) is 12.1 Å². The highest BCUT2D eigenvalue weighted by Gasteiger charge is 2.36. The molecule has 0 atom stereocenters. The van der Waals surface area contributed by atoms with Gasteiger partial charge >= 0.3 is 0 Å². The molecule has 3 heteroatoms. The Morgan fingerprint density at radius 3 is 2.24 bits per heavy atom. The van der Waals surface area contributed by atoms with E-state index < -0.39 is 8.32 Å². The Kier molecular flexibility index (Phi) is 4.74. The van der Waals surface area contributed by atoms with Crippen LogP contribution in [0.25, 0.3) is 11.3 Å². The van der Waals surface area contributed by atoms with Crippen LogP contribution < -0.4 is 0 Å². The number of benzene rings is 1. The van der Waals surface area contributed by atoms with Gasteiger partial charge in [0.1, 0.15) is 5.76 Å². The van der Waals surface area contributed by atoms with Gasteiger partial charge in [0.25, 0.3) is 0 Å². The minimum absolute atomic E-state index is 0.274. The first kappa shape index (κ1) is 16.1. The highest BCUT2D eigenvalue weighted by atomic mass is 28.4. The molecule has 1 aromatic heterocycles. The van der Waals surface area contributed by atoms with E-state index in [1.54, 1.807) is 6.26 Å². The summed E-state index contributed by atoms with van der Waals surface area (Å²) in [6.45, 7) is 12.2. The maximum atomic E-state index is 6.22. The van der Waals surface area contributed by atoms with E-state index in [0.717, 1.165) is 24.4 Å². The van der Waals surface area contributed by atoms with E-state index in [9.17, 15) is 0 Å². The summed E-state index contributed by atoms with van der Waals surface area (Å²) in [6.07, 6.45) is 2.67. The molecular weight excluding hydrogens is 276 g/mol. The monoisotopic (exact) mass is 302 g/mol. The van der Waals surface area contributed by atoms with Gasteiger partial charge in [0.2, 0.25) is 0 Å². The molecule has 0 bridgehead atoms. The Bertz CT molecular complexity index is 548. The second kappa shape index (κ2) is 6.20. The molecule has 0 fully saturated rings. The van der Waals surface area contributed by atoms with Gasteiger partial charge in [-0.15, -0.1) is 0 Å². The minimum Gasteiger partial charge on any atom is -0.464 e. The summed E-state index contributed by atoms with van der Waals surface area (Å²) < 4.78 is 11.6. The third-order valence-electron chi connectivity index (χ3n) is 4.42. The number of hydrogen-bond acceptors (Lipinski definition) is 2. The molecular formula is C18H26O2Si. The molecule has 0 saturated carbocycles. The molecule has 0 aliphatic carbocycles. The molecule has 1 aromatic carbocycles. The fraction of sp³-hybridized carbons (Fsp3) is 0.444. The van der Waals surface area contributed by atoms with E-state index in [1.165, 1.54) is 5.56 Å². The van der Waals surface area contributed by atoms with Crippen LogP contribution in [0.3, 0.4) is 0 Å². The Labute approximate surface area is 129 Å². The van der Waals surface area contributed by atoms with E-state index in [-0.39, 0.29) is 5.04 Å². The molecule has 0 aliphatic rings. The van der Waals surface area contributed by atoms with Gasteiger partial charge in [-0.2, -0.15) is 0 Å². The Morgan fingerprint density at radius 1 is 1.05 bits per heavy atom. The van der Waals surface area contributed by atoms with Crippen LogP contribution in [0.5, 0.6) is 0 Å². The van der Waals surface area contributed by atoms with Crippen LogP contribution in [-0.4, -0.2) is 14.9 Å². The largest absolute Gasteiger partial charge is 0.464 e. The summed E-state index contributed by atoms with van der Waals surface area (Å²) in [6, 6.07) is 12.4. The minimum atomic E-state index is -1.63. The predicted molar refractivity (Wildman–Crippen MR) is 91.0 cm³/mol. The van der Waals surface area contributed by atoms with Crippen molar-refractivity contribution in [2.45, 2.75) is 45.3 Å². The molecule has 0 unspecified atom stereocenters. The molecule has 0 aliphatic heterocycles. The van der Waals surface area contributed by atoms with Crippen LogP contribution in [0.4, 0.5) is 0 Å². The SMILES string of the molecule is CC(C)(C)[Si](C)(C)OCCc1ccc(-c2ccco2)cc1. The highest BCUT2D eigenvalue weighted by Crippen LogP contribution is 2.36. The quantitative estimate of drug-likeness (QED) is 0.679. The average molecular weight is 302 g/mol. The Balaban J connectivity index is 1.90. The molecule has 0 spiro atoms. The lowest BCUT2D eigenvalue weighted by molar-refractivity contribution is 0.292. The zero-order valence-electron chi connectivity index (χ0n) is 13.8. The predicted octanol–water partition coefficient (Wildman–Crippen LogP) is 5.51. The standard InChI is InChI=1S/C18H26O2Si/c1-18(2,3)21(4,5)20-14-12-15-8-10-16(11-9-15)17-7-6-13-19-17/h6-11,13H,12,14H2,1-5H3. The maximum absolute atomic E-state index is 6.22. The van der Waals surface area contributed by atoms with Crippen molar-refractivity contribution in [1.29, 1.82) is 0 Å². The first-order valence-electron chi connectivity index (χ1n) is 7.56. The molecule has 114 valence electrons. The summed E-state index contributed by atoms with van der Waals surface area (Å²) in [5, 5.41) is 0.274. The molecule has 0 amide bonds. The van der Waals surface area contributed by atoms with E-state index in [2.05, 4.69) is 58.1 Å². The van der Waals surface area contributed by atoms with Gasteiger partial charge < -0.3 is 8.84 Å². The summed E-state index contributed by atoms with van der Waals surface area (Å²) in [5.74, 6) is 0.916. The van der Waals surface area contributed by atoms with Crippen molar-refractivity contribution < 1.29 is 8.84 Å². The number of rotatable bonds is 5. The summed E-state index contributed by atoms with van der Waals surface area (Å²) in [4.78, 5) is 0. The van der Waals surface area contributed by atoms with Crippen molar-refractivity contribution >= 4 is 8.32 Å². The van der Waals surface area contributed by atoms with Crippen molar-refractivity contribution in [3.05, 3.63) is 48.2 Å². The highest BCUT2D eigenvalue weighted by molar-refractivity contribution is 6.74. The maximum Gasteiger partial charge on any atom is 0.191 e. The smallest absolute Gasteiger partial charge is 0.191 e. The van der Waals surface area contributed by atoms with E-state index >= 15 is 0 Å². The molecule has 21 heavy (non-hydrogen) atoms. The fourth-order valence-corrected chi connectivity index (χ4v) is 2.96. The second-order valence-corrected chi connectivity index (χ2v) is 11.8. The molecule has 2 nitrogen and oxygen atoms in total. The number of hydrogen-bond donors (Lipinski definition) is 0. The first-order valence-corrected chi connectivity index (χ1v) is 10.5. The summed E-state index contributed by atoms with van der Waals surface area (Å²) >= 11 is 0. The first-order chi connectivity index (χ1) is 9.79. The number of furan rings is 1. The van der Waals surface area contributed by atoms with Crippen LogP contribution in [-0.2, 0) is 10.8 Å². The van der Waals surface area contributed by atoms with Crippen LogP contribution in [0.2, 0.25) is 18.1 Å². The van der Waals surface area contributed by atoms with Gasteiger partial charge in [-0.25, -0.2) is 0 Å². The lowest BCUT2D eigenvalue weighted by atomic mass is 10.1. The molecule has 2 rings (SSSR count). The van der Waals surface area contributed by atoms with E-state index in [0.29, 0.717) is 0 Å². The third-order valence-corrected chi connectivity index (χ3v) is 8.96. The van der Waals surface area contributed by atoms with Gasteiger partial charge in [-0.3, -0.25) is 0 Å².